The summed E-state index contributed by atoms with van der Waals surface area (Å²) >= 11 is -0.651. The second kappa shape index (κ2) is 5.73. The van der Waals surface area contributed by atoms with E-state index in [1.165, 1.54) is 9.79 Å². The van der Waals surface area contributed by atoms with Crippen LogP contribution in [-0.4, -0.2) is 6.61 Å². The second-order valence-corrected chi connectivity index (χ2v) is 5.26. The highest BCUT2D eigenvalue weighted by Crippen LogP contribution is 2.44. The lowest BCUT2D eigenvalue weighted by Gasteiger charge is -2.21. The maximum atomic E-state index is 5.88. The molecular formula is C14H16OS. The molecule has 0 fully saturated rings. The summed E-state index contributed by atoms with van der Waals surface area (Å²) in [6.45, 7) is 2.79. The van der Waals surface area contributed by atoms with Crippen molar-refractivity contribution < 1.29 is 4.18 Å². The third kappa shape index (κ3) is 2.65. The van der Waals surface area contributed by atoms with Crippen LogP contribution in [0.5, 0.6) is 0 Å². The van der Waals surface area contributed by atoms with Gasteiger partial charge in [-0.15, -0.1) is 0 Å². The van der Waals surface area contributed by atoms with Crippen molar-refractivity contribution in [2.24, 2.45) is 0 Å². The molecule has 0 unspecified atom stereocenters. The van der Waals surface area contributed by atoms with E-state index >= 15 is 0 Å². The molecule has 0 saturated heterocycles. The summed E-state index contributed by atoms with van der Waals surface area (Å²) in [5.74, 6) is 0. The normalized spacial score (nSPS) is 11.2. The van der Waals surface area contributed by atoms with Crippen LogP contribution in [0, 0.1) is 0 Å². The fourth-order valence-corrected chi connectivity index (χ4v) is 3.29. The van der Waals surface area contributed by atoms with Gasteiger partial charge in [-0.25, -0.2) is 0 Å². The van der Waals surface area contributed by atoms with Crippen molar-refractivity contribution in [1.29, 1.82) is 0 Å². The van der Waals surface area contributed by atoms with Crippen LogP contribution in [0.25, 0.3) is 0 Å². The predicted molar refractivity (Wildman–Crippen MR) is 70.0 cm³/mol. The Hall–Kier alpha value is -1.25. The monoisotopic (exact) mass is 232 g/mol. The molecule has 0 heterocycles. The van der Waals surface area contributed by atoms with E-state index in [0.29, 0.717) is 0 Å². The molecule has 0 aliphatic heterocycles. The van der Waals surface area contributed by atoms with Crippen molar-refractivity contribution in [1.82, 2.24) is 0 Å². The topological polar surface area (TPSA) is 9.23 Å². The third-order valence-electron chi connectivity index (χ3n) is 2.24. The highest BCUT2D eigenvalue weighted by Gasteiger charge is 2.08. The summed E-state index contributed by atoms with van der Waals surface area (Å²) in [6.07, 6.45) is 0. The zero-order valence-corrected chi connectivity index (χ0v) is 10.2. The molecule has 84 valence electrons. The smallest absolute Gasteiger partial charge is 0.0569 e. The van der Waals surface area contributed by atoms with Crippen molar-refractivity contribution >= 4 is 11.2 Å². The summed E-state index contributed by atoms with van der Waals surface area (Å²) in [6, 6.07) is 20.9. The SMILES string of the molecule is CCO[SH](c1ccccc1)c1ccccc1. The molecule has 0 N–H and O–H groups in total. The molecule has 0 aliphatic rings. The molecule has 2 heteroatoms. The van der Waals surface area contributed by atoms with E-state index in [9.17, 15) is 0 Å². The van der Waals surface area contributed by atoms with Gasteiger partial charge in [0, 0.05) is 9.79 Å². The summed E-state index contributed by atoms with van der Waals surface area (Å²) in [4.78, 5) is 2.54. The summed E-state index contributed by atoms with van der Waals surface area (Å²) in [5.41, 5.74) is 0. The largest absolute Gasteiger partial charge is 0.331 e. The minimum Gasteiger partial charge on any atom is -0.331 e. The number of benzene rings is 2. The van der Waals surface area contributed by atoms with Crippen LogP contribution >= 0.6 is 11.2 Å². The molecule has 2 aromatic rings. The zero-order valence-electron chi connectivity index (χ0n) is 9.34. The Labute approximate surface area is 99.6 Å². The molecule has 1 nitrogen and oxygen atoms in total. The Morgan fingerprint density at radius 2 is 1.25 bits per heavy atom. The fraction of sp³-hybridized carbons (Fsp3) is 0.143. The van der Waals surface area contributed by atoms with Crippen LogP contribution < -0.4 is 0 Å². The van der Waals surface area contributed by atoms with Crippen LogP contribution in [0.4, 0.5) is 0 Å². The van der Waals surface area contributed by atoms with E-state index < -0.39 is 11.2 Å². The van der Waals surface area contributed by atoms with Gasteiger partial charge in [-0.3, -0.25) is 0 Å². The predicted octanol–water partition coefficient (Wildman–Crippen LogP) is 4.06. The summed E-state index contributed by atoms with van der Waals surface area (Å²) in [5, 5.41) is 0. The van der Waals surface area contributed by atoms with Gasteiger partial charge in [-0.05, 0) is 31.2 Å². The molecule has 0 spiro atoms. The van der Waals surface area contributed by atoms with Crippen LogP contribution in [0.15, 0.2) is 70.5 Å². The van der Waals surface area contributed by atoms with E-state index in [0.717, 1.165) is 6.61 Å². The molecule has 16 heavy (non-hydrogen) atoms. The van der Waals surface area contributed by atoms with Gasteiger partial charge in [0.05, 0.1) is 6.61 Å². The van der Waals surface area contributed by atoms with Crippen molar-refractivity contribution in [3.63, 3.8) is 0 Å². The number of thiol groups is 1. The molecule has 2 aromatic carbocycles. The Kier molecular flexibility index (Phi) is 4.03. The van der Waals surface area contributed by atoms with Crippen molar-refractivity contribution in [3.8, 4) is 0 Å². The highest BCUT2D eigenvalue weighted by atomic mass is 32.2. The van der Waals surface area contributed by atoms with E-state index in [2.05, 4.69) is 48.5 Å². The first kappa shape index (κ1) is 11.2. The van der Waals surface area contributed by atoms with Crippen LogP contribution in [0.3, 0.4) is 0 Å². The number of hydrogen-bond acceptors (Lipinski definition) is 1. The van der Waals surface area contributed by atoms with Crippen LogP contribution in [0.2, 0.25) is 0 Å². The molecule has 0 radical (unpaired) electrons. The van der Waals surface area contributed by atoms with Crippen molar-refractivity contribution in [2.75, 3.05) is 6.61 Å². The van der Waals surface area contributed by atoms with E-state index in [1.807, 2.05) is 19.1 Å². The minimum atomic E-state index is -0.651. The molecule has 0 aromatic heterocycles. The van der Waals surface area contributed by atoms with E-state index in [1.54, 1.807) is 0 Å². The Balaban J connectivity index is 2.31. The lowest BCUT2D eigenvalue weighted by Crippen LogP contribution is -1.91. The first-order valence-corrected chi connectivity index (χ1v) is 6.71. The van der Waals surface area contributed by atoms with Gasteiger partial charge < -0.3 is 4.18 Å². The average molecular weight is 232 g/mol. The summed E-state index contributed by atoms with van der Waals surface area (Å²) < 4.78 is 5.88. The maximum Gasteiger partial charge on any atom is 0.0569 e. The Morgan fingerprint density at radius 1 is 0.812 bits per heavy atom. The molecule has 0 amide bonds. The van der Waals surface area contributed by atoms with Gasteiger partial charge in [-0.1, -0.05) is 47.6 Å². The molecule has 2 rings (SSSR count). The molecular weight excluding hydrogens is 216 g/mol. The van der Waals surface area contributed by atoms with Gasteiger partial charge in [0.1, 0.15) is 0 Å². The second-order valence-electron chi connectivity index (χ2n) is 3.38. The maximum absolute atomic E-state index is 5.88. The molecule has 0 saturated carbocycles. The lowest BCUT2D eigenvalue weighted by atomic mass is 10.4. The van der Waals surface area contributed by atoms with Crippen LogP contribution in [0.1, 0.15) is 6.92 Å². The molecule has 0 atom stereocenters. The van der Waals surface area contributed by atoms with Gasteiger partial charge in [0.2, 0.25) is 0 Å². The quantitative estimate of drug-likeness (QED) is 0.782. The third-order valence-corrected chi connectivity index (χ3v) is 4.29. The molecule has 0 bridgehead atoms. The van der Waals surface area contributed by atoms with Gasteiger partial charge >= 0.3 is 0 Å². The van der Waals surface area contributed by atoms with E-state index in [-0.39, 0.29) is 0 Å². The number of hydrogen-bond donors (Lipinski definition) is 1. The lowest BCUT2D eigenvalue weighted by molar-refractivity contribution is 0.392. The first-order chi connectivity index (χ1) is 7.92. The van der Waals surface area contributed by atoms with Gasteiger partial charge in [-0.2, -0.15) is 0 Å². The van der Waals surface area contributed by atoms with Gasteiger partial charge in [0.15, 0.2) is 0 Å². The Bertz CT molecular complexity index is 374. The van der Waals surface area contributed by atoms with Crippen molar-refractivity contribution in [3.05, 3.63) is 60.7 Å². The zero-order chi connectivity index (χ0) is 11.2. The average Bonchev–Trinajstić information content (AvgIpc) is 2.38. The number of rotatable bonds is 4. The highest BCUT2D eigenvalue weighted by molar-refractivity contribution is 8.13. The van der Waals surface area contributed by atoms with E-state index in [4.69, 9.17) is 4.18 Å². The van der Waals surface area contributed by atoms with Crippen molar-refractivity contribution in [2.45, 2.75) is 16.7 Å². The Morgan fingerprint density at radius 3 is 1.62 bits per heavy atom. The van der Waals surface area contributed by atoms with Gasteiger partial charge in [0.25, 0.3) is 0 Å². The summed E-state index contributed by atoms with van der Waals surface area (Å²) in [7, 11) is 0. The van der Waals surface area contributed by atoms with Crippen LogP contribution in [-0.2, 0) is 4.18 Å². The minimum absolute atomic E-state index is 0.651. The fourth-order valence-electron chi connectivity index (χ4n) is 1.55. The molecule has 0 aliphatic carbocycles. The first-order valence-electron chi connectivity index (χ1n) is 5.45. The standard InChI is InChI=1S/C14H16OS/c1-2-15-16(13-9-5-3-6-10-13)14-11-7-4-8-12-14/h3-12,16H,2H2,1H3.